The van der Waals surface area contributed by atoms with Gasteiger partial charge in [0.2, 0.25) is 5.91 Å². The van der Waals surface area contributed by atoms with Crippen molar-refractivity contribution in [2.45, 2.75) is 13.0 Å². The van der Waals surface area contributed by atoms with Crippen molar-refractivity contribution >= 4 is 17.7 Å². The quantitative estimate of drug-likeness (QED) is 0.685. The van der Waals surface area contributed by atoms with Crippen molar-refractivity contribution in [2.75, 3.05) is 18.1 Å². The molecule has 4 nitrogen and oxygen atoms in total. The van der Waals surface area contributed by atoms with Crippen LogP contribution in [0, 0.1) is 0 Å². The average Bonchev–Trinajstić information content (AvgIpc) is 2.74. The van der Waals surface area contributed by atoms with E-state index in [-0.39, 0.29) is 12.5 Å². The summed E-state index contributed by atoms with van der Waals surface area (Å²) in [6.07, 6.45) is 2.31. The molecule has 0 fully saturated rings. The molecular formula is C10H15NO3S. The fraction of sp³-hybridized carbons (Fsp3) is 0.500. The maximum Gasteiger partial charge on any atom is 0.230 e. The van der Waals surface area contributed by atoms with E-state index in [1.165, 1.54) is 11.8 Å². The van der Waals surface area contributed by atoms with Crippen LogP contribution in [0.15, 0.2) is 22.8 Å². The first-order valence-electron chi connectivity index (χ1n) is 4.80. The minimum atomic E-state index is -0.00524. The Kier molecular flexibility index (Phi) is 5.96. The van der Waals surface area contributed by atoms with Crippen molar-refractivity contribution in [1.29, 1.82) is 0 Å². The second-order valence-corrected chi connectivity index (χ2v) is 4.09. The molecule has 0 unspecified atom stereocenters. The third-order valence-corrected chi connectivity index (χ3v) is 2.76. The van der Waals surface area contributed by atoms with Crippen LogP contribution in [0.3, 0.4) is 0 Å². The molecule has 0 aliphatic carbocycles. The molecule has 0 spiro atoms. The number of rotatable bonds is 7. The summed E-state index contributed by atoms with van der Waals surface area (Å²) < 4.78 is 5.07. The minimum Gasteiger partial charge on any atom is -0.467 e. The van der Waals surface area contributed by atoms with Gasteiger partial charge in [0, 0.05) is 6.61 Å². The van der Waals surface area contributed by atoms with Crippen molar-refractivity contribution in [3.63, 3.8) is 0 Å². The smallest absolute Gasteiger partial charge is 0.230 e. The topological polar surface area (TPSA) is 62.5 Å². The monoisotopic (exact) mass is 229 g/mol. The third-order valence-electron chi connectivity index (χ3n) is 1.72. The molecule has 0 radical (unpaired) electrons. The molecule has 84 valence electrons. The minimum absolute atomic E-state index is 0.00524. The van der Waals surface area contributed by atoms with Crippen molar-refractivity contribution < 1.29 is 14.3 Å². The van der Waals surface area contributed by atoms with Gasteiger partial charge in [0.15, 0.2) is 0 Å². The zero-order valence-electron chi connectivity index (χ0n) is 8.44. The van der Waals surface area contributed by atoms with Gasteiger partial charge in [-0.05, 0) is 24.3 Å². The number of amides is 1. The van der Waals surface area contributed by atoms with Gasteiger partial charge >= 0.3 is 0 Å². The lowest BCUT2D eigenvalue weighted by Crippen LogP contribution is -2.24. The largest absolute Gasteiger partial charge is 0.467 e. The fourth-order valence-corrected chi connectivity index (χ4v) is 1.75. The van der Waals surface area contributed by atoms with Gasteiger partial charge < -0.3 is 14.8 Å². The molecular weight excluding hydrogens is 214 g/mol. The van der Waals surface area contributed by atoms with Crippen LogP contribution in [0.2, 0.25) is 0 Å². The van der Waals surface area contributed by atoms with Crippen molar-refractivity contribution in [1.82, 2.24) is 5.32 Å². The van der Waals surface area contributed by atoms with Gasteiger partial charge in [0.25, 0.3) is 0 Å². The highest BCUT2D eigenvalue weighted by Crippen LogP contribution is 2.02. The SMILES string of the molecule is O=C(CSCCCO)NCc1ccco1. The van der Waals surface area contributed by atoms with E-state index in [1.807, 2.05) is 6.07 Å². The lowest BCUT2D eigenvalue weighted by molar-refractivity contribution is -0.118. The molecule has 0 aromatic carbocycles. The molecule has 15 heavy (non-hydrogen) atoms. The molecule has 2 N–H and O–H groups in total. The number of thioether (sulfide) groups is 1. The zero-order valence-corrected chi connectivity index (χ0v) is 9.26. The van der Waals surface area contributed by atoms with Crippen LogP contribution in [0.4, 0.5) is 0 Å². The molecule has 5 heteroatoms. The highest BCUT2D eigenvalue weighted by molar-refractivity contribution is 7.99. The molecule has 0 bridgehead atoms. The number of carbonyl (C=O) groups is 1. The zero-order chi connectivity index (χ0) is 10.9. The number of furan rings is 1. The summed E-state index contributed by atoms with van der Waals surface area (Å²) in [6, 6.07) is 3.61. The van der Waals surface area contributed by atoms with E-state index >= 15 is 0 Å². The molecule has 1 aromatic heterocycles. The van der Waals surface area contributed by atoms with Gasteiger partial charge in [0.1, 0.15) is 5.76 Å². The summed E-state index contributed by atoms with van der Waals surface area (Å²) in [4.78, 5) is 11.3. The highest BCUT2D eigenvalue weighted by atomic mass is 32.2. The van der Waals surface area contributed by atoms with Crippen molar-refractivity contribution in [2.24, 2.45) is 0 Å². The van der Waals surface area contributed by atoms with E-state index in [0.29, 0.717) is 12.3 Å². The number of hydrogen-bond acceptors (Lipinski definition) is 4. The Labute approximate surface area is 93.0 Å². The standard InChI is InChI=1S/C10H15NO3S/c12-4-2-6-15-8-10(13)11-7-9-3-1-5-14-9/h1,3,5,12H,2,4,6-8H2,(H,11,13). The maximum absolute atomic E-state index is 11.3. The number of carbonyl (C=O) groups excluding carboxylic acids is 1. The predicted molar refractivity (Wildman–Crippen MR) is 59.6 cm³/mol. The van der Waals surface area contributed by atoms with Gasteiger partial charge in [-0.2, -0.15) is 11.8 Å². The molecule has 0 saturated carbocycles. The first-order valence-corrected chi connectivity index (χ1v) is 5.96. The van der Waals surface area contributed by atoms with E-state index < -0.39 is 0 Å². The molecule has 1 heterocycles. The Balaban J connectivity index is 2.04. The Morgan fingerprint density at radius 2 is 2.47 bits per heavy atom. The Morgan fingerprint density at radius 1 is 1.60 bits per heavy atom. The molecule has 1 amide bonds. The van der Waals surface area contributed by atoms with Gasteiger partial charge in [-0.1, -0.05) is 0 Å². The first kappa shape index (κ1) is 12.1. The second-order valence-electron chi connectivity index (χ2n) is 2.99. The van der Waals surface area contributed by atoms with Crippen LogP contribution >= 0.6 is 11.8 Å². The van der Waals surface area contributed by atoms with Crippen LogP contribution in [0.5, 0.6) is 0 Å². The van der Waals surface area contributed by atoms with E-state index in [4.69, 9.17) is 9.52 Å². The molecule has 1 aromatic rings. The summed E-state index contributed by atoms with van der Waals surface area (Å²) >= 11 is 1.52. The number of nitrogens with one attached hydrogen (secondary N) is 1. The van der Waals surface area contributed by atoms with E-state index in [9.17, 15) is 4.79 Å². The van der Waals surface area contributed by atoms with Gasteiger partial charge in [-0.3, -0.25) is 4.79 Å². The summed E-state index contributed by atoms with van der Waals surface area (Å²) in [6.45, 7) is 0.618. The maximum atomic E-state index is 11.3. The number of aliphatic hydroxyl groups is 1. The van der Waals surface area contributed by atoms with Crippen LogP contribution in [0.25, 0.3) is 0 Å². The van der Waals surface area contributed by atoms with Crippen molar-refractivity contribution in [3.8, 4) is 0 Å². The van der Waals surface area contributed by atoms with E-state index in [0.717, 1.165) is 17.9 Å². The van der Waals surface area contributed by atoms with Gasteiger partial charge in [0.05, 0.1) is 18.6 Å². The second kappa shape index (κ2) is 7.36. The highest BCUT2D eigenvalue weighted by Gasteiger charge is 2.02. The Morgan fingerprint density at radius 3 is 3.13 bits per heavy atom. The fourth-order valence-electron chi connectivity index (χ4n) is 0.981. The summed E-state index contributed by atoms with van der Waals surface area (Å²) in [5, 5.41) is 11.3. The lowest BCUT2D eigenvalue weighted by Gasteiger charge is -2.02. The van der Waals surface area contributed by atoms with Crippen LogP contribution in [-0.2, 0) is 11.3 Å². The predicted octanol–water partition coefficient (Wildman–Crippen LogP) is 1.01. The molecule has 0 aliphatic heterocycles. The number of hydrogen-bond donors (Lipinski definition) is 2. The first-order chi connectivity index (χ1) is 7.33. The molecule has 0 aliphatic rings. The van der Waals surface area contributed by atoms with Crippen LogP contribution < -0.4 is 5.32 Å². The average molecular weight is 229 g/mol. The van der Waals surface area contributed by atoms with Gasteiger partial charge in [-0.15, -0.1) is 0 Å². The van der Waals surface area contributed by atoms with Crippen LogP contribution in [0.1, 0.15) is 12.2 Å². The summed E-state index contributed by atoms with van der Waals surface area (Å²) in [5.74, 6) is 1.99. The Hall–Kier alpha value is -0.940. The van der Waals surface area contributed by atoms with E-state index in [1.54, 1.807) is 12.3 Å². The third kappa shape index (κ3) is 5.49. The molecule has 0 saturated heterocycles. The number of aliphatic hydroxyl groups excluding tert-OH is 1. The van der Waals surface area contributed by atoms with E-state index in [2.05, 4.69) is 5.32 Å². The summed E-state index contributed by atoms with van der Waals surface area (Å²) in [7, 11) is 0. The van der Waals surface area contributed by atoms with Gasteiger partial charge in [-0.25, -0.2) is 0 Å². The normalized spacial score (nSPS) is 10.2. The molecule has 0 atom stereocenters. The van der Waals surface area contributed by atoms with Crippen molar-refractivity contribution in [3.05, 3.63) is 24.2 Å². The lowest BCUT2D eigenvalue weighted by atomic mass is 10.4. The molecule has 1 rings (SSSR count). The summed E-state index contributed by atoms with van der Waals surface area (Å²) in [5.41, 5.74) is 0. The van der Waals surface area contributed by atoms with Crippen LogP contribution in [-0.4, -0.2) is 29.1 Å². The Bertz CT molecular complexity index is 274.